The maximum absolute atomic E-state index is 12.2. The van der Waals surface area contributed by atoms with Gasteiger partial charge in [-0.25, -0.2) is 4.79 Å². The highest BCUT2D eigenvalue weighted by molar-refractivity contribution is 5.92. The van der Waals surface area contributed by atoms with E-state index in [0.29, 0.717) is 12.1 Å². The van der Waals surface area contributed by atoms with Crippen LogP contribution in [0.25, 0.3) is 11.1 Å². The lowest BCUT2D eigenvalue weighted by molar-refractivity contribution is -0.138. The average molecular weight is 398 g/mol. The molecule has 0 saturated carbocycles. The number of benzene rings is 2. The van der Waals surface area contributed by atoms with E-state index >= 15 is 0 Å². The third-order valence-corrected chi connectivity index (χ3v) is 4.17. The molecule has 2 amide bonds. The van der Waals surface area contributed by atoms with Gasteiger partial charge in [0.15, 0.2) is 6.61 Å². The number of amides is 2. The number of likely N-dealkylation sites (N-methyl/N-ethyl adjacent to an activating group) is 1. The summed E-state index contributed by atoms with van der Waals surface area (Å²) in [5.74, 6) is -1.12. The molecule has 2 N–H and O–H groups in total. The Hall–Kier alpha value is -3.35. The van der Waals surface area contributed by atoms with Gasteiger partial charge in [0, 0.05) is 12.6 Å². The first kappa shape index (κ1) is 21.9. The van der Waals surface area contributed by atoms with Crippen molar-refractivity contribution in [1.29, 1.82) is 0 Å². The lowest BCUT2D eigenvalue weighted by atomic mass is 10.0. The van der Waals surface area contributed by atoms with Crippen molar-refractivity contribution >= 4 is 17.8 Å². The van der Waals surface area contributed by atoms with Gasteiger partial charge in [0.05, 0.1) is 12.1 Å². The van der Waals surface area contributed by atoms with Crippen molar-refractivity contribution in [2.24, 2.45) is 0 Å². The number of nitrogens with one attached hydrogen (secondary N) is 1. The van der Waals surface area contributed by atoms with Crippen molar-refractivity contribution in [2.45, 2.75) is 26.8 Å². The molecule has 7 nitrogen and oxygen atoms in total. The van der Waals surface area contributed by atoms with Gasteiger partial charge in [-0.2, -0.15) is 0 Å². The van der Waals surface area contributed by atoms with E-state index < -0.39 is 18.5 Å². The Balaban J connectivity index is 1.91. The molecular formula is C22H26N2O5. The molecule has 0 unspecified atom stereocenters. The van der Waals surface area contributed by atoms with Gasteiger partial charge in [-0.1, -0.05) is 24.3 Å². The number of hydrogen-bond acceptors (Lipinski definition) is 5. The van der Waals surface area contributed by atoms with E-state index in [-0.39, 0.29) is 24.2 Å². The van der Waals surface area contributed by atoms with E-state index in [4.69, 9.17) is 4.74 Å². The number of carbonyl (C=O) groups excluding carboxylic acids is 3. The summed E-state index contributed by atoms with van der Waals surface area (Å²) in [4.78, 5) is 37.6. The number of aromatic hydroxyl groups is 1. The quantitative estimate of drug-likeness (QED) is 0.667. The van der Waals surface area contributed by atoms with Crippen molar-refractivity contribution < 1.29 is 24.2 Å². The number of hydrogen-bond donors (Lipinski definition) is 2. The normalized spacial score (nSPS) is 10.5. The molecule has 0 aromatic heterocycles. The number of phenols is 1. The van der Waals surface area contributed by atoms with Gasteiger partial charge in [0.2, 0.25) is 5.91 Å². The van der Waals surface area contributed by atoms with E-state index in [1.54, 1.807) is 55.5 Å². The number of phenolic OH excluding ortho intramolecular Hbond substituents is 1. The lowest BCUT2D eigenvalue weighted by Crippen LogP contribution is -2.44. The minimum Gasteiger partial charge on any atom is -0.508 e. The van der Waals surface area contributed by atoms with Crippen LogP contribution in [0, 0.1) is 0 Å². The number of nitrogens with zero attached hydrogens (tertiary/aromatic N) is 1. The zero-order chi connectivity index (χ0) is 21.4. The molecule has 0 aliphatic rings. The highest BCUT2D eigenvalue weighted by Crippen LogP contribution is 2.22. The Bertz CT molecular complexity index is 845. The molecule has 0 heterocycles. The highest BCUT2D eigenvalue weighted by atomic mass is 16.5. The Kier molecular flexibility index (Phi) is 7.77. The number of rotatable bonds is 8. The van der Waals surface area contributed by atoms with Crippen LogP contribution in [0.2, 0.25) is 0 Å². The van der Waals surface area contributed by atoms with E-state index in [1.165, 1.54) is 4.90 Å². The minimum absolute atomic E-state index is 0.0151. The van der Waals surface area contributed by atoms with Crippen molar-refractivity contribution in [3.05, 3.63) is 54.1 Å². The maximum Gasteiger partial charge on any atom is 0.338 e. The fourth-order valence-electron chi connectivity index (χ4n) is 2.67. The number of carbonyl (C=O) groups is 3. The predicted molar refractivity (Wildman–Crippen MR) is 109 cm³/mol. The zero-order valence-corrected chi connectivity index (χ0v) is 16.8. The fraction of sp³-hybridized carbons (Fsp3) is 0.318. The van der Waals surface area contributed by atoms with Crippen LogP contribution in [0.5, 0.6) is 5.75 Å². The Morgan fingerprint density at radius 1 is 1.00 bits per heavy atom. The summed E-state index contributed by atoms with van der Waals surface area (Å²) in [5, 5.41) is 12.1. The molecule has 29 heavy (non-hydrogen) atoms. The molecule has 0 bridgehead atoms. The van der Waals surface area contributed by atoms with Gasteiger partial charge in [-0.3, -0.25) is 9.59 Å². The molecule has 2 aromatic rings. The van der Waals surface area contributed by atoms with Crippen LogP contribution >= 0.6 is 0 Å². The van der Waals surface area contributed by atoms with Gasteiger partial charge >= 0.3 is 5.97 Å². The molecule has 7 heteroatoms. The molecule has 2 rings (SSSR count). The smallest absolute Gasteiger partial charge is 0.338 e. The summed E-state index contributed by atoms with van der Waals surface area (Å²) in [7, 11) is 0. The van der Waals surface area contributed by atoms with Crippen molar-refractivity contribution in [1.82, 2.24) is 10.2 Å². The molecule has 0 saturated heterocycles. The van der Waals surface area contributed by atoms with Gasteiger partial charge in [-0.15, -0.1) is 0 Å². The second-order valence-electron chi connectivity index (χ2n) is 6.83. The molecule has 0 atom stereocenters. The van der Waals surface area contributed by atoms with E-state index in [2.05, 4.69) is 5.32 Å². The molecule has 0 aliphatic carbocycles. The van der Waals surface area contributed by atoms with Crippen LogP contribution in [0.4, 0.5) is 0 Å². The van der Waals surface area contributed by atoms with E-state index in [0.717, 1.165) is 11.1 Å². The first-order valence-electron chi connectivity index (χ1n) is 9.44. The third-order valence-electron chi connectivity index (χ3n) is 4.17. The maximum atomic E-state index is 12.2. The summed E-state index contributed by atoms with van der Waals surface area (Å²) in [6.45, 7) is 5.26. The van der Waals surface area contributed by atoms with Gasteiger partial charge in [0.25, 0.3) is 5.91 Å². The molecule has 2 aromatic carbocycles. The average Bonchev–Trinajstić information content (AvgIpc) is 2.70. The van der Waals surface area contributed by atoms with Crippen molar-refractivity contribution in [3.8, 4) is 16.9 Å². The number of esters is 1. The van der Waals surface area contributed by atoms with Crippen molar-refractivity contribution in [2.75, 3.05) is 19.7 Å². The van der Waals surface area contributed by atoms with Crippen LogP contribution in [0.3, 0.4) is 0 Å². The summed E-state index contributed by atoms with van der Waals surface area (Å²) in [6.07, 6.45) is 0. The standard InChI is InChI=1S/C22H26N2O5/c1-4-24(13-20(26)23-15(2)3)21(27)14-29-22(28)18-7-5-16(6-8-18)17-9-11-19(25)12-10-17/h5-12,15,25H,4,13-14H2,1-3H3,(H,23,26). The third kappa shape index (κ3) is 6.64. The molecule has 0 fully saturated rings. The first-order valence-corrected chi connectivity index (χ1v) is 9.44. The zero-order valence-electron chi connectivity index (χ0n) is 16.8. The molecule has 0 spiro atoms. The SMILES string of the molecule is CCN(CC(=O)NC(C)C)C(=O)COC(=O)c1ccc(-c2ccc(O)cc2)cc1. The minimum atomic E-state index is -0.613. The van der Waals surface area contributed by atoms with Crippen LogP contribution in [0.15, 0.2) is 48.5 Å². The topological polar surface area (TPSA) is 95.9 Å². The predicted octanol–water partition coefficient (Wildman–Crippen LogP) is 2.59. The van der Waals surface area contributed by atoms with Gasteiger partial charge in [-0.05, 0) is 56.2 Å². The second kappa shape index (κ2) is 10.3. The number of ether oxygens (including phenoxy) is 1. The largest absolute Gasteiger partial charge is 0.508 e. The Labute approximate surface area is 170 Å². The second-order valence-corrected chi connectivity index (χ2v) is 6.83. The summed E-state index contributed by atoms with van der Waals surface area (Å²) >= 11 is 0. The molecule has 154 valence electrons. The van der Waals surface area contributed by atoms with E-state index in [9.17, 15) is 19.5 Å². The van der Waals surface area contributed by atoms with Gasteiger partial charge in [0.1, 0.15) is 5.75 Å². The summed E-state index contributed by atoms with van der Waals surface area (Å²) < 4.78 is 5.10. The van der Waals surface area contributed by atoms with Crippen molar-refractivity contribution in [3.63, 3.8) is 0 Å². The molecule has 0 aliphatic heterocycles. The summed E-state index contributed by atoms with van der Waals surface area (Å²) in [6, 6.07) is 13.5. The monoisotopic (exact) mass is 398 g/mol. The Morgan fingerprint density at radius 3 is 2.07 bits per heavy atom. The molecule has 0 radical (unpaired) electrons. The van der Waals surface area contributed by atoms with Crippen LogP contribution in [-0.4, -0.2) is 53.5 Å². The molecular weight excluding hydrogens is 372 g/mol. The van der Waals surface area contributed by atoms with Crippen LogP contribution in [0.1, 0.15) is 31.1 Å². The van der Waals surface area contributed by atoms with E-state index in [1.807, 2.05) is 13.8 Å². The lowest BCUT2D eigenvalue weighted by Gasteiger charge is -2.21. The van der Waals surface area contributed by atoms with Crippen LogP contribution < -0.4 is 5.32 Å². The fourth-order valence-corrected chi connectivity index (χ4v) is 2.67. The Morgan fingerprint density at radius 2 is 1.55 bits per heavy atom. The van der Waals surface area contributed by atoms with Gasteiger partial charge < -0.3 is 20.1 Å². The van der Waals surface area contributed by atoms with Crippen LogP contribution in [-0.2, 0) is 14.3 Å². The summed E-state index contributed by atoms with van der Waals surface area (Å²) in [5.41, 5.74) is 2.10. The first-order chi connectivity index (χ1) is 13.8. The highest BCUT2D eigenvalue weighted by Gasteiger charge is 2.18.